The highest BCUT2D eigenvalue weighted by Gasteiger charge is 2.30. The van der Waals surface area contributed by atoms with Crippen LogP contribution in [0, 0.1) is 3.57 Å². The largest absolute Gasteiger partial charge is 0.274 e. The number of nitrogens with zero attached hydrogens (tertiary/aromatic N) is 2. The van der Waals surface area contributed by atoms with E-state index in [1.165, 1.54) is 6.92 Å². The predicted molar refractivity (Wildman–Crippen MR) is 66.2 cm³/mol. The van der Waals surface area contributed by atoms with Crippen molar-refractivity contribution in [2.75, 3.05) is 0 Å². The lowest BCUT2D eigenvalue weighted by molar-refractivity contribution is -0.133. The summed E-state index contributed by atoms with van der Waals surface area (Å²) in [4.78, 5) is 22.5. The van der Waals surface area contributed by atoms with Crippen molar-refractivity contribution in [2.45, 2.75) is 26.3 Å². The minimum Gasteiger partial charge on any atom is -0.274 e. The second kappa shape index (κ2) is 4.81. The standard InChI is InChI=1S/C9H13IN4O2/c1-6(15)12-13-8(16)9(2,3)14-5-7(10)4-11-14/h4-5H,1-3H3,(H,12,15)(H,13,16). The molecule has 6 nitrogen and oxygen atoms in total. The fraction of sp³-hybridized carbons (Fsp3) is 0.444. The SMILES string of the molecule is CC(=O)NNC(=O)C(C)(C)n1cc(I)cn1. The van der Waals surface area contributed by atoms with E-state index in [0.29, 0.717) is 0 Å². The number of carbonyl (C=O) groups excluding carboxylic acids is 2. The Labute approximate surface area is 107 Å². The molecular formula is C9H13IN4O2. The van der Waals surface area contributed by atoms with Crippen LogP contribution in [0.4, 0.5) is 0 Å². The lowest BCUT2D eigenvalue weighted by Crippen LogP contribution is -2.51. The van der Waals surface area contributed by atoms with Crippen LogP contribution in [0.15, 0.2) is 12.4 Å². The number of nitrogens with one attached hydrogen (secondary N) is 2. The number of amides is 2. The van der Waals surface area contributed by atoms with Crippen LogP contribution in [-0.4, -0.2) is 21.6 Å². The van der Waals surface area contributed by atoms with E-state index in [9.17, 15) is 9.59 Å². The Bertz CT molecular complexity index is 413. The maximum atomic E-state index is 11.8. The highest BCUT2D eigenvalue weighted by Crippen LogP contribution is 2.15. The second-order valence-corrected chi connectivity index (χ2v) is 5.04. The smallest absolute Gasteiger partial charge is 0.265 e. The van der Waals surface area contributed by atoms with Gasteiger partial charge in [-0.05, 0) is 36.4 Å². The molecule has 16 heavy (non-hydrogen) atoms. The summed E-state index contributed by atoms with van der Waals surface area (Å²) in [6, 6.07) is 0. The highest BCUT2D eigenvalue weighted by atomic mass is 127. The zero-order valence-corrected chi connectivity index (χ0v) is 11.4. The Morgan fingerprint density at radius 2 is 2.06 bits per heavy atom. The molecule has 1 aromatic heterocycles. The van der Waals surface area contributed by atoms with Crippen molar-refractivity contribution < 1.29 is 9.59 Å². The summed E-state index contributed by atoms with van der Waals surface area (Å²) < 4.78 is 2.49. The van der Waals surface area contributed by atoms with E-state index in [1.807, 2.05) is 0 Å². The van der Waals surface area contributed by atoms with Crippen LogP contribution >= 0.6 is 22.6 Å². The number of hydrogen-bond donors (Lipinski definition) is 2. The number of aromatic nitrogens is 2. The molecule has 0 aromatic carbocycles. The molecule has 0 aliphatic rings. The van der Waals surface area contributed by atoms with Crippen molar-refractivity contribution in [1.29, 1.82) is 0 Å². The first-order chi connectivity index (χ1) is 7.34. The average Bonchev–Trinajstić information content (AvgIpc) is 2.61. The third-order valence-electron chi connectivity index (χ3n) is 2.03. The third-order valence-corrected chi connectivity index (χ3v) is 2.59. The summed E-state index contributed by atoms with van der Waals surface area (Å²) in [5.74, 6) is -0.651. The molecule has 0 saturated carbocycles. The molecule has 0 unspecified atom stereocenters. The van der Waals surface area contributed by atoms with Crippen LogP contribution in [0.2, 0.25) is 0 Å². The number of hydrogen-bond acceptors (Lipinski definition) is 3. The van der Waals surface area contributed by atoms with Gasteiger partial charge < -0.3 is 0 Å². The molecule has 1 aromatic rings. The summed E-state index contributed by atoms with van der Waals surface area (Å²) in [6.45, 7) is 4.75. The summed E-state index contributed by atoms with van der Waals surface area (Å²) in [5.41, 5.74) is 3.72. The first-order valence-corrected chi connectivity index (χ1v) is 5.69. The van der Waals surface area contributed by atoms with Gasteiger partial charge in [0, 0.05) is 13.1 Å². The van der Waals surface area contributed by atoms with Crippen molar-refractivity contribution in [3.8, 4) is 0 Å². The second-order valence-electron chi connectivity index (χ2n) is 3.80. The quantitative estimate of drug-likeness (QED) is 0.606. The molecule has 0 aliphatic heterocycles. The molecule has 0 saturated heterocycles. The Kier molecular flexibility index (Phi) is 3.89. The first-order valence-electron chi connectivity index (χ1n) is 4.61. The number of rotatable bonds is 2. The normalized spacial score (nSPS) is 11.0. The van der Waals surface area contributed by atoms with Gasteiger partial charge in [0.25, 0.3) is 5.91 Å². The molecule has 0 radical (unpaired) electrons. The van der Waals surface area contributed by atoms with Crippen LogP contribution in [-0.2, 0) is 15.1 Å². The Morgan fingerprint density at radius 1 is 1.44 bits per heavy atom. The molecule has 0 atom stereocenters. The van der Waals surface area contributed by atoms with E-state index in [1.54, 1.807) is 30.9 Å². The number of hydrazine groups is 1. The summed E-state index contributed by atoms with van der Waals surface area (Å²) in [7, 11) is 0. The van der Waals surface area contributed by atoms with E-state index in [-0.39, 0.29) is 11.8 Å². The first kappa shape index (κ1) is 12.9. The minimum absolute atomic E-state index is 0.320. The minimum atomic E-state index is -0.855. The van der Waals surface area contributed by atoms with E-state index < -0.39 is 5.54 Å². The van der Waals surface area contributed by atoms with Crippen molar-refractivity contribution in [1.82, 2.24) is 20.6 Å². The predicted octanol–water partition coefficient (Wildman–Crippen LogP) is 0.390. The number of halogens is 1. The Balaban J connectivity index is 2.77. The van der Waals surface area contributed by atoms with Gasteiger partial charge in [-0.15, -0.1) is 0 Å². The van der Waals surface area contributed by atoms with Gasteiger partial charge in [-0.2, -0.15) is 5.10 Å². The van der Waals surface area contributed by atoms with E-state index >= 15 is 0 Å². The van der Waals surface area contributed by atoms with Crippen molar-refractivity contribution >= 4 is 34.4 Å². The summed E-state index contributed by atoms with van der Waals surface area (Å²) in [6.07, 6.45) is 3.42. The molecular weight excluding hydrogens is 323 g/mol. The zero-order valence-electron chi connectivity index (χ0n) is 9.24. The molecule has 0 bridgehead atoms. The van der Waals surface area contributed by atoms with Crippen LogP contribution < -0.4 is 10.9 Å². The molecule has 2 amide bonds. The lowest BCUT2D eigenvalue weighted by atomic mass is 10.1. The highest BCUT2D eigenvalue weighted by molar-refractivity contribution is 14.1. The van der Waals surface area contributed by atoms with Crippen LogP contribution in [0.1, 0.15) is 20.8 Å². The fourth-order valence-electron chi connectivity index (χ4n) is 1.01. The molecule has 1 rings (SSSR count). The van der Waals surface area contributed by atoms with E-state index in [2.05, 4.69) is 38.5 Å². The molecule has 88 valence electrons. The maximum absolute atomic E-state index is 11.8. The van der Waals surface area contributed by atoms with Gasteiger partial charge >= 0.3 is 0 Å². The summed E-state index contributed by atoms with van der Waals surface area (Å²) >= 11 is 2.11. The van der Waals surface area contributed by atoms with Gasteiger partial charge in [0.1, 0.15) is 5.54 Å². The van der Waals surface area contributed by atoms with Crippen molar-refractivity contribution in [2.24, 2.45) is 0 Å². The Morgan fingerprint density at radius 3 is 2.50 bits per heavy atom. The maximum Gasteiger partial charge on any atom is 0.265 e. The van der Waals surface area contributed by atoms with Gasteiger partial charge in [-0.1, -0.05) is 0 Å². The van der Waals surface area contributed by atoms with Crippen LogP contribution in [0.25, 0.3) is 0 Å². The van der Waals surface area contributed by atoms with Crippen LogP contribution in [0.5, 0.6) is 0 Å². The molecule has 0 aliphatic carbocycles. The van der Waals surface area contributed by atoms with Crippen molar-refractivity contribution in [3.63, 3.8) is 0 Å². The van der Waals surface area contributed by atoms with Crippen molar-refractivity contribution in [3.05, 3.63) is 16.0 Å². The molecule has 1 heterocycles. The monoisotopic (exact) mass is 336 g/mol. The molecule has 2 N–H and O–H groups in total. The van der Waals surface area contributed by atoms with E-state index in [0.717, 1.165) is 3.57 Å². The Hall–Kier alpha value is -1.12. The zero-order chi connectivity index (χ0) is 12.3. The van der Waals surface area contributed by atoms with Gasteiger partial charge in [-0.25, -0.2) is 0 Å². The fourth-order valence-corrected chi connectivity index (χ4v) is 1.40. The molecule has 0 fully saturated rings. The van der Waals surface area contributed by atoms with Gasteiger partial charge in [-0.3, -0.25) is 25.1 Å². The summed E-state index contributed by atoms with van der Waals surface area (Å²) in [5, 5.41) is 4.07. The third kappa shape index (κ3) is 2.94. The number of carbonyl (C=O) groups is 2. The topological polar surface area (TPSA) is 76.0 Å². The average molecular weight is 336 g/mol. The van der Waals surface area contributed by atoms with Gasteiger partial charge in [0.05, 0.1) is 9.77 Å². The molecule has 0 spiro atoms. The lowest BCUT2D eigenvalue weighted by Gasteiger charge is -2.23. The van der Waals surface area contributed by atoms with Gasteiger partial charge in [0.2, 0.25) is 5.91 Å². The van der Waals surface area contributed by atoms with Crippen LogP contribution in [0.3, 0.4) is 0 Å². The van der Waals surface area contributed by atoms with E-state index in [4.69, 9.17) is 0 Å². The molecule has 7 heteroatoms. The van der Waals surface area contributed by atoms with Gasteiger partial charge in [0.15, 0.2) is 0 Å².